The first-order valence-corrected chi connectivity index (χ1v) is 4.77. The number of alkyl halides is 2. The normalized spacial score (nSPS) is 10.0. The Balaban J connectivity index is 3.50. The molecule has 0 spiro atoms. The third-order valence-electron chi connectivity index (χ3n) is 1.74. The molecular formula is C9H5BrF2N2O2. The standard InChI is InChI=1S/C9H5BrF2N2O2/c1-16-9(15)7-5(3-13)4(8(11)12)2-6(10)14-7/h2,8H,1H3. The number of carbonyl (C=O) groups excluding carboxylic acids is 1. The highest BCUT2D eigenvalue weighted by Crippen LogP contribution is 2.27. The van der Waals surface area contributed by atoms with Crippen molar-refractivity contribution in [2.75, 3.05) is 7.11 Å². The quantitative estimate of drug-likeness (QED) is 0.620. The second-order valence-electron chi connectivity index (χ2n) is 2.66. The van der Waals surface area contributed by atoms with Gasteiger partial charge in [-0.25, -0.2) is 18.6 Å². The van der Waals surface area contributed by atoms with Crippen molar-refractivity contribution in [1.29, 1.82) is 5.26 Å². The number of hydrogen-bond donors (Lipinski definition) is 0. The predicted molar refractivity (Wildman–Crippen MR) is 52.9 cm³/mol. The van der Waals surface area contributed by atoms with Gasteiger partial charge in [0.25, 0.3) is 6.43 Å². The summed E-state index contributed by atoms with van der Waals surface area (Å²) in [5, 5.41) is 8.74. The number of aromatic nitrogens is 1. The topological polar surface area (TPSA) is 63.0 Å². The summed E-state index contributed by atoms with van der Waals surface area (Å²) in [4.78, 5) is 14.9. The van der Waals surface area contributed by atoms with Gasteiger partial charge in [0.05, 0.1) is 12.7 Å². The van der Waals surface area contributed by atoms with E-state index in [-0.39, 0.29) is 4.60 Å². The Bertz CT molecular complexity index is 471. The van der Waals surface area contributed by atoms with Gasteiger partial charge in [0, 0.05) is 5.56 Å². The second kappa shape index (κ2) is 4.99. The number of methoxy groups -OCH3 is 1. The first-order valence-electron chi connectivity index (χ1n) is 3.98. The van der Waals surface area contributed by atoms with Gasteiger partial charge in [0.1, 0.15) is 10.7 Å². The van der Waals surface area contributed by atoms with Crippen LogP contribution in [-0.2, 0) is 4.74 Å². The lowest BCUT2D eigenvalue weighted by atomic mass is 10.1. The maximum atomic E-state index is 12.6. The molecule has 0 fully saturated rings. The Hall–Kier alpha value is -1.55. The molecular weight excluding hydrogens is 286 g/mol. The van der Waals surface area contributed by atoms with Crippen molar-refractivity contribution in [1.82, 2.24) is 4.98 Å². The fourth-order valence-electron chi connectivity index (χ4n) is 1.07. The molecule has 1 aromatic heterocycles. The Morgan fingerprint density at radius 2 is 2.31 bits per heavy atom. The number of halogens is 3. The molecule has 84 valence electrons. The van der Waals surface area contributed by atoms with Crippen molar-refractivity contribution in [3.63, 3.8) is 0 Å². The number of hydrogen-bond acceptors (Lipinski definition) is 4. The largest absolute Gasteiger partial charge is 0.464 e. The van der Waals surface area contributed by atoms with Gasteiger partial charge in [-0.2, -0.15) is 5.26 Å². The number of pyridine rings is 1. The third-order valence-corrected chi connectivity index (χ3v) is 2.15. The smallest absolute Gasteiger partial charge is 0.358 e. The summed E-state index contributed by atoms with van der Waals surface area (Å²) >= 11 is 2.88. The Morgan fingerprint density at radius 1 is 1.69 bits per heavy atom. The zero-order chi connectivity index (χ0) is 12.3. The van der Waals surface area contributed by atoms with Crippen LogP contribution in [0.3, 0.4) is 0 Å². The van der Waals surface area contributed by atoms with Crippen LogP contribution in [0.2, 0.25) is 0 Å². The van der Waals surface area contributed by atoms with Crippen LogP contribution < -0.4 is 0 Å². The van der Waals surface area contributed by atoms with Gasteiger partial charge >= 0.3 is 5.97 Å². The summed E-state index contributed by atoms with van der Waals surface area (Å²) in [7, 11) is 1.08. The van der Waals surface area contributed by atoms with Crippen LogP contribution in [0, 0.1) is 11.3 Å². The van der Waals surface area contributed by atoms with E-state index in [0.717, 1.165) is 13.2 Å². The van der Waals surface area contributed by atoms with E-state index in [2.05, 4.69) is 25.7 Å². The Morgan fingerprint density at radius 3 is 2.75 bits per heavy atom. The highest BCUT2D eigenvalue weighted by atomic mass is 79.9. The number of carbonyl (C=O) groups is 1. The van der Waals surface area contributed by atoms with E-state index in [0.29, 0.717) is 0 Å². The maximum Gasteiger partial charge on any atom is 0.358 e. The lowest BCUT2D eigenvalue weighted by Gasteiger charge is -2.07. The zero-order valence-electron chi connectivity index (χ0n) is 8.00. The number of nitrogens with zero attached hydrogens (tertiary/aromatic N) is 2. The molecule has 0 aliphatic rings. The predicted octanol–water partition coefficient (Wildman–Crippen LogP) is 2.44. The van der Waals surface area contributed by atoms with E-state index in [9.17, 15) is 13.6 Å². The molecule has 4 nitrogen and oxygen atoms in total. The molecule has 0 aliphatic carbocycles. The van der Waals surface area contributed by atoms with Crippen LogP contribution in [0.5, 0.6) is 0 Å². The summed E-state index contributed by atoms with van der Waals surface area (Å²) in [5.74, 6) is -0.931. The lowest BCUT2D eigenvalue weighted by molar-refractivity contribution is 0.0592. The molecule has 1 aromatic rings. The average Bonchev–Trinajstić information content (AvgIpc) is 2.26. The van der Waals surface area contributed by atoms with E-state index >= 15 is 0 Å². The molecule has 0 amide bonds. The molecule has 1 heterocycles. The van der Waals surface area contributed by atoms with E-state index in [1.807, 2.05) is 0 Å². The van der Waals surface area contributed by atoms with Crippen molar-refractivity contribution in [3.8, 4) is 6.07 Å². The molecule has 0 saturated heterocycles. The monoisotopic (exact) mass is 290 g/mol. The van der Waals surface area contributed by atoms with Crippen LogP contribution in [0.15, 0.2) is 10.7 Å². The first kappa shape index (κ1) is 12.5. The number of ether oxygens (including phenoxy) is 1. The second-order valence-corrected chi connectivity index (χ2v) is 3.47. The summed E-state index contributed by atoms with van der Waals surface area (Å²) in [6, 6.07) is 2.52. The highest BCUT2D eigenvalue weighted by Gasteiger charge is 2.23. The van der Waals surface area contributed by atoms with Gasteiger partial charge in [0.2, 0.25) is 0 Å². The minimum atomic E-state index is -2.86. The van der Waals surface area contributed by atoms with Crippen LogP contribution in [-0.4, -0.2) is 18.1 Å². The molecule has 7 heteroatoms. The third kappa shape index (κ3) is 2.33. The maximum absolute atomic E-state index is 12.6. The highest BCUT2D eigenvalue weighted by molar-refractivity contribution is 9.10. The van der Waals surface area contributed by atoms with Gasteiger partial charge in [-0.15, -0.1) is 0 Å². The van der Waals surface area contributed by atoms with E-state index in [1.54, 1.807) is 0 Å². The summed E-state index contributed by atoms with van der Waals surface area (Å²) in [6.45, 7) is 0. The molecule has 0 N–H and O–H groups in total. The van der Waals surface area contributed by atoms with Crippen molar-refractivity contribution in [2.24, 2.45) is 0 Å². The fraction of sp³-hybridized carbons (Fsp3) is 0.222. The van der Waals surface area contributed by atoms with Gasteiger partial charge in [-0.05, 0) is 22.0 Å². The van der Waals surface area contributed by atoms with E-state index in [1.165, 1.54) is 6.07 Å². The number of nitriles is 1. The van der Waals surface area contributed by atoms with Crippen molar-refractivity contribution < 1.29 is 18.3 Å². The molecule has 0 atom stereocenters. The van der Waals surface area contributed by atoms with E-state index < -0.39 is 29.2 Å². The molecule has 0 aliphatic heterocycles. The molecule has 1 rings (SSSR count). The van der Waals surface area contributed by atoms with Crippen molar-refractivity contribution in [3.05, 3.63) is 27.5 Å². The SMILES string of the molecule is COC(=O)c1nc(Br)cc(C(F)F)c1C#N. The molecule has 0 unspecified atom stereocenters. The molecule has 16 heavy (non-hydrogen) atoms. The van der Waals surface area contributed by atoms with Gasteiger partial charge in [-0.3, -0.25) is 0 Å². The molecule has 0 saturated carbocycles. The Labute approximate surface area is 98.0 Å². The Kier molecular flexibility index (Phi) is 3.90. The fourth-order valence-corrected chi connectivity index (χ4v) is 1.49. The summed E-state index contributed by atoms with van der Waals surface area (Å²) < 4.78 is 29.6. The number of esters is 1. The molecule has 0 aromatic carbocycles. The first-order chi connectivity index (χ1) is 7.51. The van der Waals surface area contributed by atoms with Crippen LogP contribution in [0.1, 0.15) is 28.0 Å². The summed E-state index contributed by atoms with van der Waals surface area (Å²) in [5.41, 5.74) is -1.44. The van der Waals surface area contributed by atoms with Gasteiger partial charge < -0.3 is 4.74 Å². The zero-order valence-corrected chi connectivity index (χ0v) is 9.59. The lowest BCUT2D eigenvalue weighted by Crippen LogP contribution is -2.10. The minimum absolute atomic E-state index is 0.0437. The minimum Gasteiger partial charge on any atom is -0.464 e. The van der Waals surface area contributed by atoms with Gasteiger partial charge in [-0.1, -0.05) is 0 Å². The number of rotatable bonds is 2. The summed E-state index contributed by atoms with van der Waals surface area (Å²) in [6.07, 6.45) is -2.86. The van der Waals surface area contributed by atoms with Crippen LogP contribution in [0.25, 0.3) is 0 Å². The van der Waals surface area contributed by atoms with Crippen molar-refractivity contribution in [2.45, 2.75) is 6.43 Å². The van der Waals surface area contributed by atoms with Crippen LogP contribution in [0.4, 0.5) is 8.78 Å². The van der Waals surface area contributed by atoms with Crippen LogP contribution >= 0.6 is 15.9 Å². The van der Waals surface area contributed by atoms with E-state index in [4.69, 9.17) is 5.26 Å². The molecule has 0 radical (unpaired) electrons. The average molecular weight is 291 g/mol. The van der Waals surface area contributed by atoms with Gasteiger partial charge in [0.15, 0.2) is 5.69 Å². The van der Waals surface area contributed by atoms with Crippen molar-refractivity contribution >= 4 is 21.9 Å². The molecule has 0 bridgehead atoms.